The first-order chi connectivity index (χ1) is 19.9. The average molecular weight is 555 g/mol. The van der Waals surface area contributed by atoms with Gasteiger partial charge in [-0.2, -0.15) is 0 Å². The molecule has 0 amide bonds. The van der Waals surface area contributed by atoms with Crippen LogP contribution in [-0.2, 0) is 0 Å². The number of hydrogen-bond donors (Lipinski definition) is 0. The van der Waals surface area contributed by atoms with Crippen LogP contribution >= 0.6 is 0 Å². The number of hydrogen-bond acceptors (Lipinski definition) is 11. The van der Waals surface area contributed by atoms with Crippen LogP contribution in [0.15, 0.2) is 88.6 Å². The third-order valence-corrected chi connectivity index (χ3v) is 5.96. The number of benzene rings is 2. The fraction of sp³-hybridized carbons (Fsp3) is 0.100. The number of ether oxygens (including phenoxy) is 5. The highest BCUT2D eigenvalue weighted by Crippen LogP contribution is 2.39. The summed E-state index contributed by atoms with van der Waals surface area (Å²) in [5, 5.41) is -0.0300. The molecule has 3 aromatic heterocycles. The molecule has 0 saturated heterocycles. The highest BCUT2D eigenvalue weighted by molar-refractivity contribution is 5.95. The number of methoxy groups -OCH3 is 3. The Morgan fingerprint density at radius 3 is 1.95 bits per heavy atom. The fourth-order valence-electron chi connectivity index (χ4n) is 3.99. The molecule has 0 aliphatic carbocycles. The molecule has 0 saturated carbocycles. The molecule has 0 fully saturated rings. The Morgan fingerprint density at radius 1 is 0.732 bits per heavy atom. The van der Waals surface area contributed by atoms with Crippen molar-refractivity contribution in [2.75, 3.05) is 21.3 Å². The minimum atomic E-state index is -0.726. The quantitative estimate of drug-likeness (QED) is 0.195. The summed E-state index contributed by atoms with van der Waals surface area (Å²) in [5.41, 5.74) is 0.315. The van der Waals surface area contributed by atoms with Crippen molar-refractivity contribution in [3.05, 3.63) is 101 Å². The van der Waals surface area contributed by atoms with Crippen LogP contribution < -0.4 is 29.1 Å². The lowest BCUT2D eigenvalue weighted by atomic mass is 10.1. The molecule has 41 heavy (non-hydrogen) atoms. The maximum atomic E-state index is 13.7. The van der Waals surface area contributed by atoms with Crippen LogP contribution in [0.5, 0.6) is 28.7 Å². The van der Waals surface area contributed by atoms with E-state index in [2.05, 4.69) is 9.97 Å². The third kappa shape index (κ3) is 5.41. The topological polar surface area (TPSA) is 136 Å². The SMILES string of the molecule is COc1cc(OC(=O)c2cccnc2)c2c(=O)c(OC)c(-c3ccc(OC(=O)c4cccnc4)c(OC)c3)oc2c1. The zero-order chi connectivity index (χ0) is 28.9. The summed E-state index contributed by atoms with van der Waals surface area (Å²) in [5.74, 6) is -0.909. The first-order valence-corrected chi connectivity index (χ1v) is 12.1. The normalized spacial score (nSPS) is 10.6. The summed E-state index contributed by atoms with van der Waals surface area (Å²) in [7, 11) is 4.14. The van der Waals surface area contributed by atoms with Gasteiger partial charge in [-0.3, -0.25) is 14.8 Å². The highest BCUT2D eigenvalue weighted by Gasteiger charge is 2.24. The number of nitrogens with zero attached hydrogens (tertiary/aromatic N) is 2. The van der Waals surface area contributed by atoms with Crippen molar-refractivity contribution in [2.45, 2.75) is 0 Å². The molecule has 11 heteroatoms. The van der Waals surface area contributed by atoms with E-state index in [-0.39, 0.29) is 56.6 Å². The van der Waals surface area contributed by atoms with Crippen LogP contribution in [0.3, 0.4) is 0 Å². The van der Waals surface area contributed by atoms with E-state index < -0.39 is 17.4 Å². The Morgan fingerprint density at radius 2 is 1.39 bits per heavy atom. The molecule has 0 aliphatic heterocycles. The van der Waals surface area contributed by atoms with E-state index in [1.54, 1.807) is 30.5 Å². The predicted octanol–water partition coefficient (Wildman–Crippen LogP) is 4.71. The molecule has 5 rings (SSSR count). The van der Waals surface area contributed by atoms with E-state index in [9.17, 15) is 14.4 Å². The van der Waals surface area contributed by atoms with Gasteiger partial charge in [0.2, 0.25) is 11.2 Å². The summed E-state index contributed by atoms with van der Waals surface area (Å²) in [6, 6.07) is 13.8. The number of fused-ring (bicyclic) bond motifs is 1. The second-order valence-corrected chi connectivity index (χ2v) is 8.42. The lowest BCUT2D eigenvalue weighted by Gasteiger charge is -2.14. The van der Waals surface area contributed by atoms with Gasteiger partial charge in [-0.25, -0.2) is 9.59 Å². The highest BCUT2D eigenvalue weighted by atomic mass is 16.6. The molecule has 5 aromatic rings. The second-order valence-electron chi connectivity index (χ2n) is 8.42. The Kier molecular flexibility index (Phi) is 7.59. The van der Waals surface area contributed by atoms with Crippen molar-refractivity contribution in [1.82, 2.24) is 9.97 Å². The van der Waals surface area contributed by atoms with Crippen molar-refractivity contribution in [2.24, 2.45) is 0 Å². The average Bonchev–Trinajstić information content (AvgIpc) is 3.01. The van der Waals surface area contributed by atoms with Crippen LogP contribution in [0.4, 0.5) is 0 Å². The maximum absolute atomic E-state index is 13.7. The largest absolute Gasteiger partial charge is 0.496 e. The minimum Gasteiger partial charge on any atom is -0.496 e. The summed E-state index contributed by atoms with van der Waals surface area (Å²) in [6.45, 7) is 0. The van der Waals surface area contributed by atoms with Gasteiger partial charge in [0.1, 0.15) is 22.5 Å². The van der Waals surface area contributed by atoms with Gasteiger partial charge in [0, 0.05) is 42.5 Å². The van der Waals surface area contributed by atoms with Crippen molar-refractivity contribution in [3.8, 4) is 40.1 Å². The van der Waals surface area contributed by atoms with Crippen LogP contribution in [0, 0.1) is 0 Å². The zero-order valence-corrected chi connectivity index (χ0v) is 22.1. The molecule has 0 bridgehead atoms. The van der Waals surface area contributed by atoms with E-state index in [0.717, 1.165) is 0 Å². The number of carbonyl (C=O) groups is 2. The molecular formula is C30H22N2O9. The minimum absolute atomic E-state index is 0.0300. The van der Waals surface area contributed by atoms with Crippen LogP contribution in [0.2, 0.25) is 0 Å². The lowest BCUT2D eigenvalue weighted by molar-refractivity contribution is 0.0722. The van der Waals surface area contributed by atoms with E-state index in [4.69, 9.17) is 28.1 Å². The molecule has 0 atom stereocenters. The van der Waals surface area contributed by atoms with Gasteiger partial charge in [0.05, 0.1) is 32.5 Å². The summed E-state index contributed by atoms with van der Waals surface area (Å²) < 4.78 is 33.4. The molecule has 11 nitrogen and oxygen atoms in total. The van der Waals surface area contributed by atoms with Crippen molar-refractivity contribution < 1.29 is 37.7 Å². The van der Waals surface area contributed by atoms with Gasteiger partial charge < -0.3 is 28.1 Å². The van der Waals surface area contributed by atoms with Gasteiger partial charge >= 0.3 is 11.9 Å². The molecule has 0 N–H and O–H groups in total. The number of pyridine rings is 2. The van der Waals surface area contributed by atoms with Crippen molar-refractivity contribution in [1.29, 1.82) is 0 Å². The molecule has 206 valence electrons. The molecule has 0 spiro atoms. The summed E-state index contributed by atoms with van der Waals surface area (Å²) in [4.78, 5) is 46.8. The first kappa shape index (κ1) is 26.9. The van der Waals surface area contributed by atoms with Gasteiger partial charge in [-0.1, -0.05) is 0 Å². The summed E-state index contributed by atoms with van der Waals surface area (Å²) >= 11 is 0. The maximum Gasteiger partial charge on any atom is 0.345 e. The van der Waals surface area contributed by atoms with E-state index in [1.807, 2.05) is 0 Å². The van der Waals surface area contributed by atoms with Crippen LogP contribution in [0.1, 0.15) is 20.7 Å². The first-order valence-electron chi connectivity index (χ1n) is 12.1. The predicted molar refractivity (Wildman–Crippen MR) is 146 cm³/mol. The standard InChI is InChI=1S/C30H22N2O9/c1-36-20-13-23-25(24(14-20)41-30(35)19-7-5-11-32-16-19)26(33)28(38-3)27(39-23)17-8-9-21(22(12-17)37-2)40-29(34)18-6-4-10-31-15-18/h4-16H,1-3H3. The molecule has 2 aromatic carbocycles. The lowest BCUT2D eigenvalue weighted by Crippen LogP contribution is -2.13. The Bertz CT molecular complexity index is 1800. The number of esters is 2. The smallest absolute Gasteiger partial charge is 0.345 e. The fourth-order valence-corrected chi connectivity index (χ4v) is 3.99. The van der Waals surface area contributed by atoms with Crippen LogP contribution in [-0.4, -0.2) is 43.2 Å². The van der Waals surface area contributed by atoms with Gasteiger partial charge in [-0.05, 0) is 42.5 Å². The monoisotopic (exact) mass is 554 g/mol. The zero-order valence-electron chi connectivity index (χ0n) is 22.1. The van der Waals surface area contributed by atoms with Crippen molar-refractivity contribution >= 4 is 22.9 Å². The summed E-state index contributed by atoms with van der Waals surface area (Å²) in [6.07, 6.45) is 5.79. The van der Waals surface area contributed by atoms with Gasteiger partial charge in [0.15, 0.2) is 17.3 Å². The molecule has 0 aliphatic rings. The Hall–Kier alpha value is -5.71. The van der Waals surface area contributed by atoms with Gasteiger partial charge in [-0.15, -0.1) is 0 Å². The number of carbonyl (C=O) groups excluding carboxylic acids is 2. The molecule has 0 radical (unpaired) electrons. The van der Waals surface area contributed by atoms with E-state index in [0.29, 0.717) is 5.56 Å². The Balaban J connectivity index is 1.58. The van der Waals surface area contributed by atoms with Gasteiger partial charge in [0.25, 0.3) is 0 Å². The third-order valence-electron chi connectivity index (χ3n) is 5.96. The molecule has 3 heterocycles. The molecular weight excluding hydrogens is 532 g/mol. The molecule has 0 unspecified atom stereocenters. The number of rotatable bonds is 8. The second kappa shape index (κ2) is 11.6. The number of aromatic nitrogens is 2. The van der Waals surface area contributed by atoms with E-state index in [1.165, 1.54) is 70.3 Å². The Labute approximate surface area is 232 Å². The van der Waals surface area contributed by atoms with Crippen molar-refractivity contribution in [3.63, 3.8) is 0 Å². The van der Waals surface area contributed by atoms with E-state index >= 15 is 0 Å². The van der Waals surface area contributed by atoms with Crippen LogP contribution in [0.25, 0.3) is 22.3 Å².